The van der Waals surface area contributed by atoms with Crippen LogP contribution in [0.2, 0.25) is 0 Å². The first-order valence-electron chi connectivity index (χ1n) is 5.97. The van der Waals surface area contributed by atoms with Crippen molar-refractivity contribution >= 4 is 11.9 Å². The van der Waals surface area contributed by atoms with Crippen molar-refractivity contribution in [3.05, 3.63) is 41.5 Å². The van der Waals surface area contributed by atoms with E-state index in [2.05, 4.69) is 0 Å². The van der Waals surface area contributed by atoms with Gasteiger partial charge in [0, 0.05) is 12.1 Å². The van der Waals surface area contributed by atoms with Crippen LogP contribution in [0.15, 0.2) is 35.9 Å². The quantitative estimate of drug-likeness (QED) is 0.896. The Labute approximate surface area is 111 Å². The second-order valence-electron chi connectivity index (χ2n) is 4.28. The van der Waals surface area contributed by atoms with Crippen molar-refractivity contribution in [3.63, 3.8) is 0 Å². The third-order valence-corrected chi connectivity index (χ3v) is 3.03. The number of nitrogens with zero attached hydrogens (tertiary/aromatic N) is 1. The van der Waals surface area contributed by atoms with Gasteiger partial charge in [-0.2, -0.15) is 0 Å². The van der Waals surface area contributed by atoms with E-state index in [1.807, 2.05) is 0 Å². The zero-order chi connectivity index (χ0) is 13.8. The molecule has 1 N–H and O–H groups in total. The lowest BCUT2D eigenvalue weighted by molar-refractivity contribution is -0.132. The molecule has 0 unspecified atom stereocenters. The Kier molecular flexibility index (Phi) is 3.85. The molecule has 1 aromatic rings. The Hall–Kier alpha value is -2.30. The van der Waals surface area contributed by atoms with Crippen molar-refractivity contribution in [2.45, 2.75) is 6.42 Å². The van der Waals surface area contributed by atoms with E-state index in [0.29, 0.717) is 24.3 Å². The lowest BCUT2D eigenvalue weighted by Gasteiger charge is -2.26. The first kappa shape index (κ1) is 13.1. The van der Waals surface area contributed by atoms with Crippen molar-refractivity contribution in [1.82, 2.24) is 4.90 Å². The first-order valence-corrected chi connectivity index (χ1v) is 5.97. The number of carbonyl (C=O) groups is 2. The van der Waals surface area contributed by atoms with Gasteiger partial charge in [0.05, 0.1) is 19.2 Å². The summed E-state index contributed by atoms with van der Waals surface area (Å²) in [5.74, 6) is -0.536. The maximum atomic E-state index is 12.3. The van der Waals surface area contributed by atoms with Gasteiger partial charge in [-0.05, 0) is 24.6 Å². The van der Waals surface area contributed by atoms with Crippen LogP contribution in [0.1, 0.15) is 16.8 Å². The summed E-state index contributed by atoms with van der Waals surface area (Å²) in [6, 6.07) is 6.85. The number of methoxy groups -OCH3 is 1. The molecule has 1 aliphatic rings. The summed E-state index contributed by atoms with van der Waals surface area (Å²) in [5, 5.41) is 8.96. The number of hydrogen-bond donors (Lipinski definition) is 1. The van der Waals surface area contributed by atoms with Crippen LogP contribution in [-0.2, 0) is 4.79 Å². The van der Waals surface area contributed by atoms with E-state index >= 15 is 0 Å². The number of aliphatic carboxylic acids is 1. The van der Waals surface area contributed by atoms with E-state index in [4.69, 9.17) is 9.84 Å². The lowest BCUT2D eigenvalue weighted by atomic mass is 10.1. The molecule has 0 aromatic heterocycles. The molecule has 0 saturated carbocycles. The third kappa shape index (κ3) is 2.93. The van der Waals surface area contributed by atoms with Crippen LogP contribution in [0.25, 0.3) is 0 Å². The van der Waals surface area contributed by atoms with Crippen LogP contribution in [0.4, 0.5) is 0 Å². The van der Waals surface area contributed by atoms with Gasteiger partial charge in [-0.25, -0.2) is 4.79 Å². The van der Waals surface area contributed by atoms with Gasteiger partial charge in [-0.1, -0.05) is 12.1 Å². The van der Waals surface area contributed by atoms with Crippen molar-refractivity contribution in [1.29, 1.82) is 0 Å². The van der Waals surface area contributed by atoms with Gasteiger partial charge in [-0.3, -0.25) is 4.79 Å². The summed E-state index contributed by atoms with van der Waals surface area (Å²) in [6.07, 6.45) is 2.23. The molecule has 0 saturated heterocycles. The van der Waals surface area contributed by atoms with Gasteiger partial charge in [0.2, 0.25) is 0 Å². The fraction of sp³-hybridized carbons (Fsp3) is 0.286. The summed E-state index contributed by atoms with van der Waals surface area (Å²) >= 11 is 0. The first-order chi connectivity index (χ1) is 9.11. The smallest absolute Gasteiger partial charge is 0.333 e. The van der Waals surface area contributed by atoms with Gasteiger partial charge in [0.1, 0.15) is 5.75 Å². The largest absolute Gasteiger partial charge is 0.497 e. The Bertz CT molecular complexity index is 536. The summed E-state index contributed by atoms with van der Waals surface area (Å²) in [6.45, 7) is 0.679. The molecular weight excluding hydrogens is 246 g/mol. The van der Waals surface area contributed by atoms with E-state index in [-0.39, 0.29) is 18.0 Å². The molecule has 100 valence electrons. The highest BCUT2D eigenvalue weighted by Crippen LogP contribution is 2.17. The van der Waals surface area contributed by atoms with Crippen LogP contribution in [0.5, 0.6) is 5.75 Å². The zero-order valence-electron chi connectivity index (χ0n) is 10.6. The number of hydrogen-bond acceptors (Lipinski definition) is 3. The maximum absolute atomic E-state index is 12.3. The molecule has 2 rings (SSSR count). The molecule has 5 heteroatoms. The molecule has 0 atom stereocenters. The molecule has 0 aliphatic carbocycles. The van der Waals surface area contributed by atoms with Crippen molar-refractivity contribution in [2.75, 3.05) is 20.2 Å². The normalized spacial score (nSPS) is 14.8. The van der Waals surface area contributed by atoms with Gasteiger partial charge in [0.25, 0.3) is 5.91 Å². The van der Waals surface area contributed by atoms with Gasteiger partial charge >= 0.3 is 5.97 Å². The van der Waals surface area contributed by atoms with E-state index in [1.165, 1.54) is 12.0 Å². The number of benzene rings is 1. The summed E-state index contributed by atoms with van der Waals surface area (Å²) in [4.78, 5) is 24.8. The summed E-state index contributed by atoms with van der Waals surface area (Å²) in [7, 11) is 1.54. The number of carboxylic acids is 1. The Morgan fingerprint density at radius 3 is 2.84 bits per heavy atom. The van der Waals surface area contributed by atoms with Crippen molar-refractivity contribution in [3.8, 4) is 5.75 Å². The molecule has 0 radical (unpaired) electrons. The molecule has 1 aliphatic heterocycles. The number of rotatable bonds is 3. The second-order valence-corrected chi connectivity index (χ2v) is 4.28. The SMILES string of the molecule is COc1cccc(C(=O)N2CCC=C(C(=O)O)C2)c1. The van der Waals surface area contributed by atoms with Crippen LogP contribution in [0.3, 0.4) is 0 Å². The van der Waals surface area contributed by atoms with Crippen molar-refractivity contribution < 1.29 is 19.4 Å². The Balaban J connectivity index is 2.16. The number of carboxylic acid groups (broad SMARTS) is 1. The Morgan fingerprint density at radius 2 is 2.16 bits per heavy atom. The number of carbonyl (C=O) groups excluding carboxylic acids is 1. The van der Waals surface area contributed by atoms with Crippen LogP contribution < -0.4 is 4.74 Å². The standard InChI is InChI=1S/C14H15NO4/c1-19-12-6-2-4-10(8-12)13(16)15-7-3-5-11(9-15)14(17)18/h2,4-6,8H,3,7,9H2,1H3,(H,17,18). The van der Waals surface area contributed by atoms with Gasteiger partial charge < -0.3 is 14.7 Å². The summed E-state index contributed by atoms with van der Waals surface area (Å²) < 4.78 is 5.08. The molecule has 0 fully saturated rings. The molecule has 0 bridgehead atoms. The van der Waals surface area contributed by atoms with Crippen LogP contribution in [-0.4, -0.2) is 42.1 Å². The zero-order valence-corrected chi connectivity index (χ0v) is 10.6. The van der Waals surface area contributed by atoms with E-state index in [1.54, 1.807) is 30.3 Å². The van der Waals surface area contributed by atoms with Crippen LogP contribution >= 0.6 is 0 Å². The topological polar surface area (TPSA) is 66.8 Å². The van der Waals surface area contributed by atoms with E-state index in [9.17, 15) is 9.59 Å². The van der Waals surface area contributed by atoms with Gasteiger partial charge in [-0.15, -0.1) is 0 Å². The predicted molar refractivity (Wildman–Crippen MR) is 69.2 cm³/mol. The Morgan fingerprint density at radius 1 is 1.37 bits per heavy atom. The molecule has 0 spiro atoms. The maximum Gasteiger partial charge on any atom is 0.333 e. The van der Waals surface area contributed by atoms with E-state index in [0.717, 1.165) is 0 Å². The number of ether oxygens (including phenoxy) is 1. The fourth-order valence-electron chi connectivity index (χ4n) is 2.01. The molecule has 5 nitrogen and oxygen atoms in total. The van der Waals surface area contributed by atoms with Crippen molar-refractivity contribution in [2.24, 2.45) is 0 Å². The predicted octanol–water partition coefficient (Wildman–Crippen LogP) is 1.55. The lowest BCUT2D eigenvalue weighted by Crippen LogP contribution is -2.37. The molecule has 1 heterocycles. The fourth-order valence-corrected chi connectivity index (χ4v) is 2.01. The highest BCUT2D eigenvalue weighted by atomic mass is 16.5. The minimum Gasteiger partial charge on any atom is -0.497 e. The van der Waals surface area contributed by atoms with Crippen LogP contribution in [0, 0.1) is 0 Å². The minimum atomic E-state index is -0.969. The molecule has 19 heavy (non-hydrogen) atoms. The third-order valence-electron chi connectivity index (χ3n) is 3.03. The van der Waals surface area contributed by atoms with Gasteiger partial charge in [0.15, 0.2) is 0 Å². The average molecular weight is 261 g/mol. The minimum absolute atomic E-state index is 0.144. The average Bonchev–Trinajstić information content (AvgIpc) is 2.46. The highest BCUT2D eigenvalue weighted by molar-refractivity contribution is 5.96. The molecule has 1 amide bonds. The molecule has 1 aromatic carbocycles. The number of amides is 1. The highest BCUT2D eigenvalue weighted by Gasteiger charge is 2.22. The monoisotopic (exact) mass is 261 g/mol. The molecular formula is C14H15NO4. The van der Waals surface area contributed by atoms with E-state index < -0.39 is 5.97 Å². The second kappa shape index (κ2) is 5.56. The summed E-state index contributed by atoms with van der Waals surface area (Å²) in [5.41, 5.74) is 0.772.